The maximum absolute atomic E-state index is 7.13. The lowest BCUT2D eigenvalue weighted by molar-refractivity contribution is 0.670. The summed E-state index contributed by atoms with van der Waals surface area (Å²) in [5, 5.41) is 14.7. The van der Waals surface area contributed by atoms with Crippen molar-refractivity contribution >= 4 is 96.5 Å². The third kappa shape index (κ3) is 4.80. The molecule has 0 atom stereocenters. The van der Waals surface area contributed by atoms with Gasteiger partial charge in [0.05, 0.1) is 0 Å². The summed E-state index contributed by atoms with van der Waals surface area (Å²) in [4.78, 5) is 0. The molecule has 0 amide bonds. The Morgan fingerprint density at radius 3 is 1.35 bits per heavy atom. The van der Waals surface area contributed by atoms with Crippen LogP contribution in [0, 0.1) is 0 Å². The highest BCUT2D eigenvalue weighted by atomic mass is 32.1. The Kier molecular flexibility index (Phi) is 7.24. The van der Waals surface area contributed by atoms with Crippen LogP contribution in [0.25, 0.3) is 130 Å². The fourth-order valence-electron chi connectivity index (χ4n) is 10.2. The molecule has 0 saturated heterocycles. The van der Waals surface area contributed by atoms with Gasteiger partial charge in [-0.25, -0.2) is 0 Å². The van der Waals surface area contributed by atoms with Crippen LogP contribution < -0.4 is 0 Å². The molecule has 1 nitrogen and oxygen atoms in total. The Morgan fingerprint density at radius 2 is 0.733 bits per heavy atom. The maximum Gasteiger partial charge on any atom is 0.143 e. The second kappa shape index (κ2) is 13.0. The number of fused-ring (bicyclic) bond motifs is 10. The highest BCUT2D eigenvalue weighted by Gasteiger charge is 2.23. The van der Waals surface area contributed by atoms with Gasteiger partial charge in [0.15, 0.2) is 0 Å². The van der Waals surface area contributed by atoms with Crippen LogP contribution in [-0.2, 0) is 0 Å². The molecular formula is C58H34OS. The van der Waals surface area contributed by atoms with Crippen LogP contribution in [0.2, 0.25) is 0 Å². The number of hydrogen-bond acceptors (Lipinski definition) is 2. The number of rotatable bonds is 4. The van der Waals surface area contributed by atoms with Crippen LogP contribution in [-0.4, -0.2) is 0 Å². The van der Waals surface area contributed by atoms with E-state index in [0.29, 0.717) is 0 Å². The molecule has 13 rings (SSSR count). The summed E-state index contributed by atoms with van der Waals surface area (Å²) in [5.74, 6) is 0. The first kappa shape index (κ1) is 33.5. The average molecular weight is 779 g/mol. The molecule has 11 aromatic carbocycles. The van der Waals surface area contributed by atoms with E-state index in [9.17, 15) is 0 Å². The summed E-state index contributed by atoms with van der Waals surface area (Å²) in [5.41, 5.74) is 11.5. The van der Waals surface area contributed by atoms with Crippen molar-refractivity contribution in [2.75, 3.05) is 0 Å². The van der Waals surface area contributed by atoms with Gasteiger partial charge in [0.1, 0.15) is 11.2 Å². The Bertz CT molecular complexity index is 3770. The molecule has 0 spiro atoms. The summed E-state index contributed by atoms with van der Waals surface area (Å²) in [7, 11) is 0. The highest BCUT2D eigenvalue weighted by molar-refractivity contribution is 7.26. The van der Waals surface area contributed by atoms with E-state index in [1.807, 2.05) is 11.3 Å². The largest absolute Gasteiger partial charge is 0.455 e. The van der Waals surface area contributed by atoms with Crippen LogP contribution in [0.5, 0.6) is 0 Å². The zero-order chi connectivity index (χ0) is 39.3. The Labute approximate surface area is 350 Å². The first-order chi connectivity index (χ1) is 29.8. The first-order valence-corrected chi connectivity index (χ1v) is 21.4. The van der Waals surface area contributed by atoms with Crippen molar-refractivity contribution in [3.8, 4) is 44.5 Å². The molecule has 2 aromatic heterocycles. The molecule has 278 valence electrons. The number of furan rings is 1. The summed E-state index contributed by atoms with van der Waals surface area (Å²) < 4.78 is 9.75. The van der Waals surface area contributed by atoms with Gasteiger partial charge in [-0.3, -0.25) is 0 Å². The van der Waals surface area contributed by atoms with E-state index in [1.54, 1.807) is 0 Å². The predicted octanol–water partition coefficient (Wildman–Crippen LogP) is 17.2. The van der Waals surface area contributed by atoms with Crippen LogP contribution in [0.4, 0.5) is 0 Å². The zero-order valence-electron chi connectivity index (χ0n) is 32.4. The molecule has 0 bridgehead atoms. The fraction of sp³-hybridized carbons (Fsp3) is 0. The van der Waals surface area contributed by atoms with Crippen molar-refractivity contribution in [1.82, 2.24) is 0 Å². The minimum atomic E-state index is 0.886. The third-order valence-corrected chi connectivity index (χ3v) is 13.8. The van der Waals surface area contributed by atoms with E-state index >= 15 is 0 Å². The number of thiophene rings is 1. The minimum Gasteiger partial charge on any atom is -0.455 e. The van der Waals surface area contributed by atoms with Crippen molar-refractivity contribution < 1.29 is 4.42 Å². The molecule has 60 heavy (non-hydrogen) atoms. The maximum atomic E-state index is 7.13. The van der Waals surface area contributed by atoms with Gasteiger partial charge in [-0.1, -0.05) is 182 Å². The van der Waals surface area contributed by atoms with Crippen LogP contribution in [0.15, 0.2) is 211 Å². The standard InChI is InChI=1S/C58H34OS/c1-2-16-35(17-3-1)53-38-18-4-6-20-40(38)54(41-21-7-5-19-39(41)53)36-32-33-37-46-27-14-29-49(58(46)59-50(37)34-36)56-44-24-10-8-22-42(44)55(43-23-9-11-25-45(43)56)48-28-15-31-52-57(48)47-26-12-13-30-51(47)60-52/h1-34H. The Balaban J connectivity index is 1.06. The van der Waals surface area contributed by atoms with E-state index in [-0.39, 0.29) is 0 Å². The molecule has 0 aliphatic heterocycles. The summed E-state index contributed by atoms with van der Waals surface area (Å²) in [6.45, 7) is 0. The minimum absolute atomic E-state index is 0.886. The predicted molar refractivity (Wildman–Crippen MR) is 258 cm³/mol. The number of hydrogen-bond donors (Lipinski definition) is 0. The summed E-state index contributed by atoms with van der Waals surface area (Å²) >= 11 is 1.87. The Hall–Kier alpha value is -7.52. The molecule has 0 N–H and O–H groups in total. The smallest absolute Gasteiger partial charge is 0.143 e. The second-order valence-corrected chi connectivity index (χ2v) is 16.9. The average Bonchev–Trinajstić information content (AvgIpc) is 3.89. The van der Waals surface area contributed by atoms with Crippen molar-refractivity contribution in [2.45, 2.75) is 0 Å². The lowest BCUT2D eigenvalue weighted by atomic mass is 9.84. The molecule has 0 unspecified atom stereocenters. The normalized spacial score (nSPS) is 12.0. The summed E-state index contributed by atoms with van der Waals surface area (Å²) in [6.07, 6.45) is 0. The molecule has 2 heteroatoms. The first-order valence-electron chi connectivity index (χ1n) is 20.6. The lowest BCUT2D eigenvalue weighted by Crippen LogP contribution is -1.91. The van der Waals surface area contributed by atoms with Crippen molar-refractivity contribution in [3.63, 3.8) is 0 Å². The summed E-state index contributed by atoms with van der Waals surface area (Å²) in [6, 6.07) is 75.5. The fourth-order valence-corrected chi connectivity index (χ4v) is 11.3. The topological polar surface area (TPSA) is 13.1 Å². The van der Waals surface area contributed by atoms with Gasteiger partial charge in [-0.15, -0.1) is 11.3 Å². The molecule has 2 heterocycles. The van der Waals surface area contributed by atoms with Crippen molar-refractivity contribution in [2.24, 2.45) is 0 Å². The molecule has 0 aliphatic carbocycles. The second-order valence-electron chi connectivity index (χ2n) is 15.8. The third-order valence-electron chi connectivity index (χ3n) is 12.7. The number of para-hydroxylation sites is 1. The van der Waals surface area contributed by atoms with Gasteiger partial charge in [0.2, 0.25) is 0 Å². The van der Waals surface area contributed by atoms with Crippen LogP contribution in [0.3, 0.4) is 0 Å². The lowest BCUT2D eigenvalue weighted by Gasteiger charge is -2.18. The van der Waals surface area contributed by atoms with E-state index in [2.05, 4.69) is 206 Å². The van der Waals surface area contributed by atoms with E-state index in [1.165, 1.54) is 96.6 Å². The molecule has 0 aliphatic rings. The van der Waals surface area contributed by atoms with E-state index in [4.69, 9.17) is 4.42 Å². The van der Waals surface area contributed by atoms with Crippen LogP contribution >= 0.6 is 11.3 Å². The quantitative estimate of drug-likeness (QED) is 0.162. The monoisotopic (exact) mass is 778 g/mol. The molecule has 0 fully saturated rings. The van der Waals surface area contributed by atoms with Crippen molar-refractivity contribution in [1.29, 1.82) is 0 Å². The molecule has 0 saturated carbocycles. The van der Waals surface area contributed by atoms with Gasteiger partial charge in [0, 0.05) is 42.1 Å². The molecular weight excluding hydrogens is 745 g/mol. The van der Waals surface area contributed by atoms with Gasteiger partial charge < -0.3 is 4.42 Å². The molecule has 13 aromatic rings. The van der Waals surface area contributed by atoms with E-state index < -0.39 is 0 Å². The van der Waals surface area contributed by atoms with Gasteiger partial charge >= 0.3 is 0 Å². The zero-order valence-corrected chi connectivity index (χ0v) is 33.3. The molecule has 0 radical (unpaired) electrons. The van der Waals surface area contributed by atoms with Gasteiger partial charge in [-0.05, 0) is 101 Å². The highest BCUT2D eigenvalue weighted by Crippen LogP contribution is 2.50. The van der Waals surface area contributed by atoms with E-state index in [0.717, 1.165) is 33.1 Å². The van der Waals surface area contributed by atoms with Crippen molar-refractivity contribution in [3.05, 3.63) is 206 Å². The number of benzene rings is 11. The van der Waals surface area contributed by atoms with Crippen LogP contribution in [0.1, 0.15) is 0 Å². The SMILES string of the molecule is c1ccc(-c2c3ccccc3c(-c3ccc4c(c3)oc3c(-c5c6ccccc6c(-c6cccc7sc8ccccc8c67)c6ccccc56)cccc34)c3ccccc23)cc1. The Morgan fingerprint density at radius 1 is 0.283 bits per heavy atom. The van der Waals surface area contributed by atoms with Gasteiger partial charge in [0.25, 0.3) is 0 Å². The van der Waals surface area contributed by atoms with Gasteiger partial charge in [-0.2, -0.15) is 0 Å².